The zero-order chi connectivity index (χ0) is 8.36. The number of unbranched alkanes of at least 4 members (excludes halogenated alkanes) is 4. The minimum absolute atomic E-state index is 0.397. The van der Waals surface area contributed by atoms with E-state index in [1.165, 1.54) is 25.7 Å². The summed E-state index contributed by atoms with van der Waals surface area (Å²) in [6.45, 7) is 2.19. The van der Waals surface area contributed by atoms with Crippen LogP contribution in [0.1, 0.15) is 45.4 Å². The van der Waals surface area contributed by atoms with Crippen molar-refractivity contribution < 1.29 is 4.79 Å². The van der Waals surface area contributed by atoms with Crippen LogP contribution < -0.4 is 0 Å². The van der Waals surface area contributed by atoms with Gasteiger partial charge in [-0.05, 0) is 6.42 Å². The highest BCUT2D eigenvalue weighted by molar-refractivity contribution is 5.53. The number of hydrogen-bond acceptors (Lipinski definition) is 1. The molecule has 0 amide bonds. The first-order valence-corrected chi connectivity index (χ1v) is 4.31. The Labute approximate surface area is 69.2 Å². The van der Waals surface area contributed by atoms with E-state index in [0.29, 0.717) is 6.42 Å². The molecule has 0 aromatic carbocycles. The Hall–Kier alpha value is -0.770. The molecule has 0 saturated carbocycles. The van der Waals surface area contributed by atoms with E-state index in [4.69, 9.17) is 0 Å². The first kappa shape index (κ1) is 10.2. The standard InChI is InChI=1S/C10H16O/c1-2-3-4-5-6-7-8-9-10-11/h10H,2-6,9H2,1H3. The Balaban J connectivity index is 3.02. The molecule has 11 heavy (non-hydrogen) atoms. The molecule has 0 fully saturated rings. The molecule has 0 aliphatic rings. The highest BCUT2D eigenvalue weighted by Crippen LogP contribution is 2.00. The van der Waals surface area contributed by atoms with Crippen LogP contribution in [0.3, 0.4) is 0 Å². The minimum atomic E-state index is 0.397. The van der Waals surface area contributed by atoms with Gasteiger partial charge < -0.3 is 4.79 Å². The quantitative estimate of drug-likeness (QED) is 0.336. The van der Waals surface area contributed by atoms with Crippen LogP contribution in [0.5, 0.6) is 0 Å². The highest BCUT2D eigenvalue weighted by Gasteiger charge is 1.83. The third-order valence-corrected chi connectivity index (χ3v) is 1.47. The van der Waals surface area contributed by atoms with Crippen LogP contribution in [0.4, 0.5) is 0 Å². The smallest absolute Gasteiger partial charge is 0.131 e. The normalized spacial score (nSPS) is 8.45. The summed E-state index contributed by atoms with van der Waals surface area (Å²) in [6, 6.07) is 0. The lowest BCUT2D eigenvalue weighted by Gasteiger charge is -1.91. The molecule has 0 heterocycles. The summed E-state index contributed by atoms with van der Waals surface area (Å²) in [5, 5.41) is 0. The monoisotopic (exact) mass is 152 g/mol. The Bertz CT molecular complexity index is 139. The zero-order valence-corrected chi connectivity index (χ0v) is 7.23. The summed E-state index contributed by atoms with van der Waals surface area (Å²) >= 11 is 0. The van der Waals surface area contributed by atoms with Gasteiger partial charge in [-0.2, -0.15) is 0 Å². The molecule has 0 radical (unpaired) electrons. The highest BCUT2D eigenvalue weighted by atomic mass is 16.1. The van der Waals surface area contributed by atoms with Crippen LogP contribution in [0.25, 0.3) is 0 Å². The van der Waals surface area contributed by atoms with Crippen LogP contribution in [0.2, 0.25) is 0 Å². The van der Waals surface area contributed by atoms with Gasteiger partial charge in [0.05, 0.1) is 6.42 Å². The Morgan fingerprint density at radius 2 is 2.00 bits per heavy atom. The van der Waals surface area contributed by atoms with E-state index in [1.54, 1.807) is 0 Å². The summed E-state index contributed by atoms with van der Waals surface area (Å²) < 4.78 is 0. The maximum absolute atomic E-state index is 9.84. The molecule has 0 saturated heterocycles. The second kappa shape index (κ2) is 9.23. The van der Waals surface area contributed by atoms with Crippen LogP contribution in [-0.2, 0) is 4.79 Å². The molecule has 0 aliphatic heterocycles. The van der Waals surface area contributed by atoms with E-state index in [-0.39, 0.29) is 0 Å². The molecule has 0 N–H and O–H groups in total. The van der Waals surface area contributed by atoms with E-state index in [9.17, 15) is 4.79 Å². The van der Waals surface area contributed by atoms with E-state index in [1.807, 2.05) is 0 Å². The van der Waals surface area contributed by atoms with Crippen molar-refractivity contribution in [1.82, 2.24) is 0 Å². The third-order valence-electron chi connectivity index (χ3n) is 1.47. The molecule has 62 valence electrons. The Morgan fingerprint density at radius 3 is 2.64 bits per heavy atom. The first-order chi connectivity index (χ1) is 5.41. The predicted octanol–water partition coefficient (Wildman–Crippen LogP) is 2.55. The van der Waals surface area contributed by atoms with Crippen molar-refractivity contribution in [2.75, 3.05) is 0 Å². The zero-order valence-electron chi connectivity index (χ0n) is 7.23. The molecule has 0 atom stereocenters. The molecular formula is C10H16O. The van der Waals surface area contributed by atoms with E-state index in [2.05, 4.69) is 18.8 Å². The van der Waals surface area contributed by atoms with Crippen molar-refractivity contribution in [3.05, 3.63) is 0 Å². The molecule has 0 aromatic heterocycles. The van der Waals surface area contributed by atoms with Crippen LogP contribution >= 0.6 is 0 Å². The maximum Gasteiger partial charge on any atom is 0.131 e. The number of rotatable bonds is 5. The van der Waals surface area contributed by atoms with Gasteiger partial charge in [-0.3, -0.25) is 0 Å². The molecule has 1 heteroatoms. The molecule has 0 bridgehead atoms. The summed E-state index contributed by atoms with van der Waals surface area (Å²) in [5.74, 6) is 5.76. The minimum Gasteiger partial charge on any atom is -0.302 e. The van der Waals surface area contributed by atoms with Crippen molar-refractivity contribution in [3.8, 4) is 11.8 Å². The molecule has 1 nitrogen and oxygen atoms in total. The fourth-order valence-corrected chi connectivity index (χ4v) is 0.842. The topological polar surface area (TPSA) is 17.1 Å². The lowest BCUT2D eigenvalue weighted by atomic mass is 10.1. The van der Waals surface area contributed by atoms with Crippen molar-refractivity contribution in [1.29, 1.82) is 0 Å². The molecule has 0 aromatic rings. The summed E-state index contributed by atoms with van der Waals surface area (Å²) in [6.07, 6.45) is 7.21. The van der Waals surface area contributed by atoms with Crippen LogP contribution in [-0.4, -0.2) is 6.29 Å². The van der Waals surface area contributed by atoms with Gasteiger partial charge in [-0.15, -0.1) is 5.92 Å². The summed E-state index contributed by atoms with van der Waals surface area (Å²) in [5.41, 5.74) is 0. The average Bonchev–Trinajstić information content (AvgIpc) is 2.03. The first-order valence-electron chi connectivity index (χ1n) is 4.31. The van der Waals surface area contributed by atoms with Gasteiger partial charge in [0, 0.05) is 6.42 Å². The van der Waals surface area contributed by atoms with Crippen molar-refractivity contribution in [3.63, 3.8) is 0 Å². The molecule has 0 unspecified atom stereocenters. The van der Waals surface area contributed by atoms with Crippen molar-refractivity contribution >= 4 is 6.29 Å². The Morgan fingerprint density at radius 1 is 1.18 bits per heavy atom. The van der Waals surface area contributed by atoms with Gasteiger partial charge in [0.15, 0.2) is 0 Å². The molecular weight excluding hydrogens is 136 g/mol. The fourth-order valence-electron chi connectivity index (χ4n) is 0.842. The number of hydrogen-bond donors (Lipinski definition) is 0. The molecule has 0 spiro atoms. The predicted molar refractivity (Wildman–Crippen MR) is 47.2 cm³/mol. The number of carbonyl (C=O) groups is 1. The van der Waals surface area contributed by atoms with E-state index < -0.39 is 0 Å². The van der Waals surface area contributed by atoms with E-state index in [0.717, 1.165) is 12.7 Å². The second-order valence-corrected chi connectivity index (χ2v) is 2.54. The van der Waals surface area contributed by atoms with Crippen molar-refractivity contribution in [2.24, 2.45) is 0 Å². The molecule has 0 rings (SSSR count). The van der Waals surface area contributed by atoms with Gasteiger partial charge in [-0.1, -0.05) is 32.1 Å². The van der Waals surface area contributed by atoms with Gasteiger partial charge in [-0.25, -0.2) is 0 Å². The van der Waals surface area contributed by atoms with Gasteiger partial charge in [0.25, 0.3) is 0 Å². The number of carbonyl (C=O) groups excluding carboxylic acids is 1. The van der Waals surface area contributed by atoms with Gasteiger partial charge >= 0.3 is 0 Å². The van der Waals surface area contributed by atoms with Crippen molar-refractivity contribution in [2.45, 2.75) is 45.4 Å². The van der Waals surface area contributed by atoms with Crippen LogP contribution in [0.15, 0.2) is 0 Å². The SMILES string of the molecule is CCCCCCC#CCC=O. The lowest BCUT2D eigenvalue weighted by molar-refractivity contribution is -0.107. The maximum atomic E-state index is 9.84. The van der Waals surface area contributed by atoms with Gasteiger partial charge in [0.2, 0.25) is 0 Å². The third kappa shape index (κ3) is 9.23. The van der Waals surface area contributed by atoms with E-state index >= 15 is 0 Å². The van der Waals surface area contributed by atoms with Gasteiger partial charge in [0.1, 0.15) is 6.29 Å². The summed E-state index contributed by atoms with van der Waals surface area (Å²) in [7, 11) is 0. The van der Waals surface area contributed by atoms with Crippen LogP contribution in [0, 0.1) is 11.8 Å². The second-order valence-electron chi connectivity index (χ2n) is 2.54. The number of aldehydes is 1. The molecule has 0 aliphatic carbocycles. The lowest BCUT2D eigenvalue weighted by Crippen LogP contribution is -1.74. The largest absolute Gasteiger partial charge is 0.302 e. The fraction of sp³-hybridized carbons (Fsp3) is 0.700. The average molecular weight is 152 g/mol. The summed E-state index contributed by atoms with van der Waals surface area (Å²) in [4.78, 5) is 9.84. The Kier molecular flexibility index (Phi) is 8.58.